The molecule has 3 rings (SSSR count). The number of amides is 1. The number of halogens is 4. The number of aryl methyl sites for hydroxylation is 1. The number of piperidine rings is 1. The van der Waals surface area contributed by atoms with Gasteiger partial charge in [0.1, 0.15) is 10.6 Å². The molecule has 1 aromatic heterocycles. The summed E-state index contributed by atoms with van der Waals surface area (Å²) in [6.07, 6.45) is 1.13. The highest BCUT2D eigenvalue weighted by Gasteiger charge is 2.35. The van der Waals surface area contributed by atoms with Crippen molar-refractivity contribution in [3.8, 4) is 0 Å². The molecule has 10 nitrogen and oxygen atoms in total. The average molecular weight is 528 g/mol. The fourth-order valence-corrected chi connectivity index (χ4v) is 5.83. The number of hydrogen-bond acceptors (Lipinski definition) is 5. The van der Waals surface area contributed by atoms with Crippen molar-refractivity contribution in [2.75, 3.05) is 25.5 Å². The lowest BCUT2D eigenvalue weighted by Gasteiger charge is -2.31. The second kappa shape index (κ2) is 9.61. The lowest BCUT2D eigenvalue weighted by molar-refractivity contribution is 0.101. The Bertz CT molecular complexity index is 1300. The van der Waals surface area contributed by atoms with Crippen LogP contribution in [0.4, 0.5) is 23.2 Å². The van der Waals surface area contributed by atoms with Crippen LogP contribution in [0.1, 0.15) is 23.3 Å². The van der Waals surface area contributed by atoms with E-state index in [1.807, 2.05) is 5.32 Å². The summed E-state index contributed by atoms with van der Waals surface area (Å²) in [6.45, 7) is -0.216. The molecule has 0 bridgehead atoms. The first-order valence-corrected chi connectivity index (χ1v) is 12.7. The summed E-state index contributed by atoms with van der Waals surface area (Å²) in [5.41, 5.74) is -1.24. The van der Waals surface area contributed by atoms with E-state index in [1.54, 1.807) is 0 Å². The molecule has 16 heteroatoms. The number of hydrogen-bond donors (Lipinski definition) is 3. The van der Waals surface area contributed by atoms with E-state index in [0.717, 1.165) is 15.1 Å². The van der Waals surface area contributed by atoms with Gasteiger partial charge in [0, 0.05) is 57.2 Å². The van der Waals surface area contributed by atoms with E-state index in [1.165, 1.54) is 14.1 Å². The van der Waals surface area contributed by atoms with E-state index < -0.39 is 71.7 Å². The van der Waals surface area contributed by atoms with Gasteiger partial charge in [0.25, 0.3) is 16.1 Å². The molecule has 2 aromatic rings. The SMILES string of the molecule is CNS(=O)(=O)NC1CCN(S(=O)(=O)c2cn(C)c(C(=O)Nc3cc(F)c(F)c(F)c3)c2F)CC1. The van der Waals surface area contributed by atoms with Gasteiger partial charge in [0.15, 0.2) is 23.3 Å². The van der Waals surface area contributed by atoms with Crippen LogP contribution >= 0.6 is 0 Å². The highest BCUT2D eigenvalue weighted by Crippen LogP contribution is 2.27. The molecule has 0 radical (unpaired) electrons. The van der Waals surface area contributed by atoms with Crippen LogP contribution < -0.4 is 14.8 Å². The normalized spacial score (nSPS) is 16.1. The molecule has 1 saturated heterocycles. The molecule has 3 N–H and O–H groups in total. The zero-order valence-corrected chi connectivity index (χ0v) is 19.5. The Balaban J connectivity index is 1.80. The fraction of sp³-hybridized carbons (Fsp3) is 0.389. The number of carbonyl (C=O) groups excluding carboxylic acids is 1. The highest BCUT2D eigenvalue weighted by molar-refractivity contribution is 7.89. The van der Waals surface area contributed by atoms with Gasteiger partial charge in [-0.3, -0.25) is 4.79 Å². The molecular formula is C18H21F4N5O5S2. The largest absolute Gasteiger partial charge is 0.343 e. The van der Waals surface area contributed by atoms with Crippen molar-refractivity contribution in [3.63, 3.8) is 0 Å². The third-order valence-electron chi connectivity index (χ3n) is 5.21. The molecule has 0 atom stereocenters. The van der Waals surface area contributed by atoms with Crippen LogP contribution in [0.25, 0.3) is 0 Å². The monoisotopic (exact) mass is 527 g/mol. The van der Waals surface area contributed by atoms with Crippen molar-refractivity contribution in [2.24, 2.45) is 7.05 Å². The van der Waals surface area contributed by atoms with E-state index in [9.17, 15) is 34.8 Å². The first-order valence-electron chi connectivity index (χ1n) is 9.78. The number of carbonyl (C=O) groups is 1. The summed E-state index contributed by atoms with van der Waals surface area (Å²) in [4.78, 5) is 11.7. The first-order chi connectivity index (χ1) is 15.8. The minimum Gasteiger partial charge on any atom is -0.343 e. The molecule has 188 valence electrons. The summed E-state index contributed by atoms with van der Waals surface area (Å²) in [5.74, 6) is -7.51. The molecule has 1 aliphatic heterocycles. The highest BCUT2D eigenvalue weighted by atomic mass is 32.2. The fourth-order valence-electron chi connectivity index (χ4n) is 3.46. The number of sulfonamides is 1. The molecule has 0 aliphatic carbocycles. The minimum absolute atomic E-state index is 0.108. The standard InChI is InChI=1S/C18H21F4N5O5S2/c1-23-34(31,32)25-10-3-5-27(6-4-10)33(29,30)14-9-26(2)17(16(14)22)18(28)24-11-7-12(19)15(21)13(20)8-11/h7-10,23,25H,3-6H2,1-2H3,(H,24,28). The van der Waals surface area contributed by atoms with Gasteiger partial charge in [0.2, 0.25) is 10.0 Å². The molecule has 0 spiro atoms. The first kappa shape index (κ1) is 26.1. The molecule has 1 amide bonds. The van der Waals surface area contributed by atoms with Crippen LogP contribution in [0.3, 0.4) is 0 Å². The molecular weight excluding hydrogens is 506 g/mol. The van der Waals surface area contributed by atoms with E-state index in [4.69, 9.17) is 0 Å². The van der Waals surface area contributed by atoms with Crippen LogP contribution in [-0.2, 0) is 27.3 Å². The van der Waals surface area contributed by atoms with Crippen molar-refractivity contribution in [2.45, 2.75) is 23.8 Å². The predicted octanol–water partition coefficient (Wildman–Crippen LogP) is 1.04. The summed E-state index contributed by atoms with van der Waals surface area (Å²) in [6, 6.07) is 0.449. The lowest BCUT2D eigenvalue weighted by atomic mass is 10.1. The maximum Gasteiger partial charge on any atom is 0.276 e. The Morgan fingerprint density at radius 2 is 1.56 bits per heavy atom. The predicted molar refractivity (Wildman–Crippen MR) is 113 cm³/mol. The van der Waals surface area contributed by atoms with Crippen LogP contribution in [-0.4, -0.2) is 57.8 Å². The molecule has 0 saturated carbocycles. The van der Waals surface area contributed by atoms with Gasteiger partial charge in [-0.2, -0.15) is 17.4 Å². The van der Waals surface area contributed by atoms with Crippen molar-refractivity contribution in [1.29, 1.82) is 0 Å². The van der Waals surface area contributed by atoms with E-state index in [-0.39, 0.29) is 25.9 Å². The van der Waals surface area contributed by atoms with Crippen LogP contribution in [0.2, 0.25) is 0 Å². The maximum atomic E-state index is 15.1. The Morgan fingerprint density at radius 1 is 1.00 bits per heavy atom. The molecule has 1 aromatic carbocycles. The zero-order valence-electron chi connectivity index (χ0n) is 17.9. The van der Waals surface area contributed by atoms with Crippen LogP contribution in [0.15, 0.2) is 23.2 Å². The van der Waals surface area contributed by atoms with Crippen molar-refractivity contribution in [1.82, 2.24) is 18.3 Å². The Labute approximate surface area is 193 Å². The Hall–Kier alpha value is -2.53. The molecule has 1 aliphatic rings. The summed E-state index contributed by atoms with van der Waals surface area (Å²) in [5, 5.41) is 2.00. The van der Waals surface area contributed by atoms with Crippen molar-refractivity contribution in [3.05, 3.63) is 47.3 Å². The smallest absolute Gasteiger partial charge is 0.276 e. The Kier molecular flexibility index (Phi) is 7.37. The molecule has 2 heterocycles. The second-order valence-electron chi connectivity index (χ2n) is 7.48. The Morgan fingerprint density at radius 3 is 2.09 bits per heavy atom. The molecule has 1 fully saturated rings. The number of nitrogens with one attached hydrogen (secondary N) is 3. The number of aromatic nitrogens is 1. The summed E-state index contributed by atoms with van der Waals surface area (Å²) < 4.78 is 110. The number of anilines is 1. The quantitative estimate of drug-likeness (QED) is 0.366. The van der Waals surface area contributed by atoms with Gasteiger partial charge >= 0.3 is 0 Å². The van der Waals surface area contributed by atoms with Crippen LogP contribution in [0.5, 0.6) is 0 Å². The van der Waals surface area contributed by atoms with Gasteiger partial charge in [-0.1, -0.05) is 0 Å². The number of benzene rings is 1. The third-order valence-corrected chi connectivity index (χ3v) is 8.27. The average Bonchev–Trinajstić information content (AvgIpc) is 3.06. The van der Waals surface area contributed by atoms with Crippen molar-refractivity contribution >= 4 is 31.8 Å². The van der Waals surface area contributed by atoms with E-state index >= 15 is 4.39 Å². The summed E-state index contributed by atoms with van der Waals surface area (Å²) in [7, 11) is -5.70. The van der Waals surface area contributed by atoms with Gasteiger partial charge in [0.05, 0.1) is 0 Å². The number of rotatable bonds is 7. The van der Waals surface area contributed by atoms with E-state index in [0.29, 0.717) is 12.1 Å². The van der Waals surface area contributed by atoms with Gasteiger partial charge in [-0.15, -0.1) is 0 Å². The van der Waals surface area contributed by atoms with Crippen molar-refractivity contribution < 1.29 is 39.2 Å². The maximum absolute atomic E-state index is 15.1. The molecule has 34 heavy (non-hydrogen) atoms. The zero-order chi connectivity index (χ0) is 25.4. The van der Waals surface area contributed by atoms with Gasteiger partial charge in [-0.25, -0.2) is 30.7 Å². The minimum atomic E-state index is -4.40. The topological polar surface area (TPSA) is 130 Å². The molecule has 0 unspecified atom stereocenters. The lowest BCUT2D eigenvalue weighted by Crippen LogP contribution is -2.48. The third kappa shape index (κ3) is 5.25. The number of nitrogens with zero attached hydrogens (tertiary/aromatic N) is 2. The summed E-state index contributed by atoms with van der Waals surface area (Å²) >= 11 is 0. The van der Waals surface area contributed by atoms with Gasteiger partial charge < -0.3 is 9.88 Å². The van der Waals surface area contributed by atoms with Crippen LogP contribution in [0, 0.1) is 23.3 Å². The second-order valence-corrected chi connectivity index (χ2v) is 11.0. The van der Waals surface area contributed by atoms with Gasteiger partial charge in [-0.05, 0) is 12.8 Å². The van der Waals surface area contributed by atoms with E-state index in [2.05, 4.69) is 9.44 Å².